The Labute approximate surface area is 85.6 Å². The Balaban J connectivity index is 0. The Hall–Kier alpha value is 2.60. The van der Waals surface area contributed by atoms with Gasteiger partial charge in [0, 0.05) is 0 Å². The van der Waals surface area contributed by atoms with Gasteiger partial charge in [-0.2, -0.15) is 0 Å². The fourth-order valence-electron chi connectivity index (χ4n) is 0. The summed E-state index contributed by atoms with van der Waals surface area (Å²) in [6, 6.07) is 0. The van der Waals surface area contributed by atoms with Crippen LogP contribution in [0.2, 0.25) is 0 Å². The largest absolute Gasteiger partial charge is 3.00 e. The maximum Gasteiger partial charge on any atom is 3.00 e. The molecule has 0 amide bonds. The van der Waals surface area contributed by atoms with Crippen molar-refractivity contribution in [1.29, 1.82) is 0 Å². The Morgan fingerprint density at radius 3 is 0.750 bits per heavy atom. The van der Waals surface area contributed by atoms with Crippen LogP contribution in [0.3, 0.4) is 0 Å². The van der Waals surface area contributed by atoms with E-state index in [1.165, 1.54) is 0 Å². The molecule has 0 saturated carbocycles. The van der Waals surface area contributed by atoms with E-state index in [9.17, 15) is 0 Å². The van der Waals surface area contributed by atoms with Crippen molar-refractivity contribution in [3.63, 3.8) is 0 Å². The smallest absolute Gasteiger partial charge is 1.00 e. The Morgan fingerprint density at radius 1 is 0.750 bits per heavy atom. The minimum atomic E-state index is 0. The number of halogens is 3. The van der Waals surface area contributed by atoms with Gasteiger partial charge < -0.3 is 46.4 Å². The molecule has 0 aromatic heterocycles. The summed E-state index contributed by atoms with van der Waals surface area (Å²) < 4.78 is 0. The molecule has 0 rings (SSSR count). The van der Waals surface area contributed by atoms with Gasteiger partial charge in [-0.3, -0.25) is 0 Å². The van der Waals surface area contributed by atoms with E-state index in [-0.39, 0.29) is 87.2 Å². The Morgan fingerprint density at radius 2 is 0.750 bits per heavy atom. The first-order valence-electron chi connectivity index (χ1n) is 0. The van der Waals surface area contributed by atoms with Gasteiger partial charge in [-0.25, -0.2) is 0 Å². The third-order valence-electron chi connectivity index (χ3n) is 0. The average molecular weight is 340 g/mol. The van der Waals surface area contributed by atoms with Crippen LogP contribution in [0.4, 0.5) is 0 Å². The standard InChI is InChI=1S/2BrH.ClH.Nd/h3*1H;/q;;;+3/p-3. The molecule has 0 aromatic rings. The molecule has 0 N–H and O–H groups in total. The maximum absolute atomic E-state index is 0. The van der Waals surface area contributed by atoms with Crippen LogP contribution >= 0.6 is 0 Å². The molecule has 0 heterocycles. The maximum atomic E-state index is 0. The van der Waals surface area contributed by atoms with E-state index in [4.69, 9.17) is 0 Å². The van der Waals surface area contributed by atoms with Gasteiger partial charge in [-0.1, -0.05) is 0 Å². The van der Waals surface area contributed by atoms with E-state index in [1.807, 2.05) is 0 Å². The van der Waals surface area contributed by atoms with E-state index in [1.54, 1.807) is 0 Å². The zero-order valence-electron chi connectivity index (χ0n) is 1.63. The SMILES string of the molecule is [Br-].[Br-].[Cl-].[Nd+3]. The van der Waals surface area contributed by atoms with Crippen LogP contribution in [0.5, 0.6) is 0 Å². The molecule has 4 heteroatoms. The minimum Gasteiger partial charge on any atom is -1.00 e. The van der Waals surface area contributed by atoms with E-state index in [2.05, 4.69) is 0 Å². The molecule has 0 saturated heterocycles. The molecule has 0 spiro atoms. The molecule has 0 atom stereocenters. The van der Waals surface area contributed by atoms with Gasteiger partial charge in [0.1, 0.15) is 0 Å². The summed E-state index contributed by atoms with van der Waals surface area (Å²) in [7, 11) is 0. The number of hydrogen-bond donors (Lipinski definition) is 0. The molecular formula is Br2ClNd. The van der Waals surface area contributed by atoms with E-state index >= 15 is 0 Å². The molecule has 0 fully saturated rings. The minimum absolute atomic E-state index is 0. The van der Waals surface area contributed by atoms with E-state index in [0.29, 0.717) is 0 Å². The van der Waals surface area contributed by atoms with Crippen LogP contribution in [0.1, 0.15) is 0 Å². The third kappa shape index (κ3) is 8.82. The number of rotatable bonds is 0. The monoisotopic (exact) mass is 335 g/mol. The quantitative estimate of drug-likeness (QED) is 0.411. The van der Waals surface area contributed by atoms with Gasteiger partial charge in [-0.05, 0) is 0 Å². The average Bonchev–Trinajstić information content (AvgIpc) is 0. The van der Waals surface area contributed by atoms with Crippen molar-refractivity contribution >= 4 is 0 Å². The van der Waals surface area contributed by atoms with Crippen molar-refractivity contribution in [3.8, 4) is 0 Å². The van der Waals surface area contributed by atoms with Crippen LogP contribution in [-0.4, -0.2) is 0 Å². The molecule has 0 aliphatic carbocycles. The summed E-state index contributed by atoms with van der Waals surface area (Å²) in [5.74, 6) is 0. The zero-order valence-corrected chi connectivity index (χ0v) is 8.77. The Bertz CT molecular complexity index is 6.00. The van der Waals surface area contributed by atoms with Crippen molar-refractivity contribution in [2.75, 3.05) is 0 Å². The predicted octanol–water partition coefficient (Wildman–Crippen LogP) is -8.99. The zero-order chi connectivity index (χ0) is 0. The van der Waals surface area contributed by atoms with Gasteiger partial charge in [0.25, 0.3) is 0 Å². The molecule has 0 unspecified atom stereocenters. The van der Waals surface area contributed by atoms with Gasteiger partial charge in [-0.15, -0.1) is 0 Å². The Kier molecular flexibility index (Phi) is 134. The number of hydrogen-bond acceptors (Lipinski definition) is 0. The first-order valence-corrected chi connectivity index (χ1v) is 0. The molecule has 0 bridgehead atoms. The van der Waals surface area contributed by atoms with Crippen molar-refractivity contribution in [2.24, 2.45) is 0 Å². The second kappa shape index (κ2) is 17.5. The van der Waals surface area contributed by atoms with Gasteiger partial charge in [0.05, 0.1) is 0 Å². The molecule has 1 radical (unpaired) electrons. The summed E-state index contributed by atoms with van der Waals surface area (Å²) in [6.45, 7) is 0. The van der Waals surface area contributed by atoms with Crippen LogP contribution in [0.15, 0.2) is 0 Å². The van der Waals surface area contributed by atoms with Crippen LogP contribution in [-0.2, 0) is 0 Å². The van der Waals surface area contributed by atoms with Crippen molar-refractivity contribution in [2.45, 2.75) is 0 Å². The molecule has 25 valence electrons. The summed E-state index contributed by atoms with van der Waals surface area (Å²) in [6.07, 6.45) is 0. The summed E-state index contributed by atoms with van der Waals surface area (Å²) >= 11 is 0. The van der Waals surface area contributed by atoms with Crippen LogP contribution < -0.4 is 46.4 Å². The normalized spacial score (nSPS) is 0. The fraction of sp³-hybridized carbons (Fsp3) is 0. The molecule has 4 heavy (non-hydrogen) atoms. The molecule has 0 aliphatic rings. The molecule has 0 nitrogen and oxygen atoms in total. The summed E-state index contributed by atoms with van der Waals surface area (Å²) in [5.41, 5.74) is 0. The summed E-state index contributed by atoms with van der Waals surface area (Å²) in [4.78, 5) is 0. The first kappa shape index (κ1) is 30.6. The van der Waals surface area contributed by atoms with Crippen molar-refractivity contribution in [1.82, 2.24) is 0 Å². The van der Waals surface area contributed by atoms with E-state index < -0.39 is 0 Å². The predicted molar refractivity (Wildman–Crippen MR) is 0 cm³/mol. The molecule has 0 aromatic carbocycles. The molecular weight excluding hydrogens is 340 g/mol. The summed E-state index contributed by atoms with van der Waals surface area (Å²) in [5, 5.41) is 0. The van der Waals surface area contributed by atoms with Crippen LogP contribution in [0.25, 0.3) is 0 Å². The fourth-order valence-corrected chi connectivity index (χ4v) is 0. The topological polar surface area (TPSA) is 0 Å². The van der Waals surface area contributed by atoms with Gasteiger partial charge in [0.2, 0.25) is 0 Å². The van der Waals surface area contributed by atoms with Gasteiger partial charge >= 0.3 is 40.8 Å². The van der Waals surface area contributed by atoms with E-state index in [0.717, 1.165) is 0 Å². The van der Waals surface area contributed by atoms with Crippen LogP contribution in [0, 0.1) is 40.8 Å². The van der Waals surface area contributed by atoms with Crippen molar-refractivity contribution in [3.05, 3.63) is 0 Å². The van der Waals surface area contributed by atoms with Crippen molar-refractivity contribution < 1.29 is 87.2 Å². The van der Waals surface area contributed by atoms with Gasteiger partial charge in [0.15, 0.2) is 0 Å². The second-order valence-corrected chi connectivity index (χ2v) is 0. The third-order valence-corrected chi connectivity index (χ3v) is 0. The second-order valence-electron chi connectivity index (χ2n) is 0. The first-order chi connectivity index (χ1) is 0. The molecule has 0 aliphatic heterocycles.